The zero-order valence-corrected chi connectivity index (χ0v) is 22.0. The van der Waals surface area contributed by atoms with Gasteiger partial charge in [-0.15, -0.1) is 0 Å². The highest BCUT2D eigenvalue weighted by Gasteiger charge is 2.18. The fraction of sp³-hybridized carbons (Fsp3) is 0.118. The number of allylic oxidation sites excluding steroid dienone is 1. The Morgan fingerprint density at radius 2 is 1.46 bits per heavy atom. The van der Waals surface area contributed by atoms with Crippen molar-refractivity contribution < 1.29 is 0 Å². The van der Waals surface area contributed by atoms with Gasteiger partial charge in [0.2, 0.25) is 0 Å². The molecule has 0 amide bonds. The summed E-state index contributed by atoms with van der Waals surface area (Å²) in [6, 6.07) is 33.6. The highest BCUT2D eigenvalue weighted by Crippen LogP contribution is 2.44. The molecule has 5 aromatic carbocycles. The van der Waals surface area contributed by atoms with Crippen molar-refractivity contribution >= 4 is 59.9 Å². The molecule has 0 saturated carbocycles. The summed E-state index contributed by atoms with van der Waals surface area (Å²) in [5.41, 5.74) is 9.48. The maximum Gasteiger partial charge on any atom is 0.0221 e. The lowest BCUT2D eigenvalue weighted by molar-refractivity contribution is 0.986. The molecule has 0 saturated heterocycles. The molecule has 6 rings (SSSR count). The summed E-state index contributed by atoms with van der Waals surface area (Å²) in [4.78, 5) is 0. The number of hydrogen-bond donors (Lipinski definition) is 0. The first kappa shape index (κ1) is 22.3. The predicted octanol–water partition coefficient (Wildman–Crippen LogP) is 10.1. The van der Waals surface area contributed by atoms with E-state index in [1.807, 2.05) is 0 Å². The highest BCUT2D eigenvalue weighted by molar-refractivity contribution is 14.1. The summed E-state index contributed by atoms with van der Waals surface area (Å²) in [5.74, 6) is 0. The molecule has 0 nitrogen and oxygen atoms in total. The topological polar surface area (TPSA) is 0 Å². The fourth-order valence-electron chi connectivity index (χ4n) is 5.49. The molecular formula is C34H27I. The lowest BCUT2D eigenvalue weighted by Gasteiger charge is -2.19. The van der Waals surface area contributed by atoms with Crippen LogP contribution >= 0.6 is 22.6 Å². The molecule has 1 aliphatic carbocycles. The van der Waals surface area contributed by atoms with Crippen molar-refractivity contribution in [3.05, 3.63) is 125 Å². The summed E-state index contributed by atoms with van der Waals surface area (Å²) in [7, 11) is 0. The first-order valence-electron chi connectivity index (χ1n) is 12.4. The van der Waals surface area contributed by atoms with Crippen molar-refractivity contribution in [2.75, 3.05) is 0 Å². The number of benzene rings is 5. The molecule has 0 unspecified atom stereocenters. The van der Waals surface area contributed by atoms with Crippen molar-refractivity contribution in [1.82, 2.24) is 0 Å². The number of rotatable bonds is 4. The van der Waals surface area contributed by atoms with Gasteiger partial charge in [-0.2, -0.15) is 0 Å². The molecule has 0 aromatic heterocycles. The third kappa shape index (κ3) is 4.02. The molecule has 0 atom stereocenters. The second-order valence-corrected chi connectivity index (χ2v) is 10.4. The molecule has 35 heavy (non-hydrogen) atoms. The van der Waals surface area contributed by atoms with E-state index < -0.39 is 0 Å². The summed E-state index contributed by atoms with van der Waals surface area (Å²) in [5, 5.41) is 5.26. The highest BCUT2D eigenvalue weighted by atomic mass is 127. The van der Waals surface area contributed by atoms with Crippen molar-refractivity contribution in [2.24, 2.45) is 0 Å². The molecule has 0 spiro atoms. The van der Waals surface area contributed by atoms with Crippen LogP contribution in [0, 0.1) is 0 Å². The van der Waals surface area contributed by atoms with Crippen LogP contribution in [0.2, 0.25) is 0 Å². The molecular weight excluding hydrogens is 535 g/mol. The van der Waals surface area contributed by atoms with Crippen LogP contribution in [-0.2, 0) is 12.8 Å². The summed E-state index contributed by atoms with van der Waals surface area (Å²) >= 11 is 2.55. The van der Waals surface area contributed by atoms with E-state index >= 15 is 0 Å². The van der Waals surface area contributed by atoms with E-state index in [0.717, 1.165) is 19.3 Å². The molecule has 0 bridgehead atoms. The smallest absolute Gasteiger partial charge is 0.0221 e. The van der Waals surface area contributed by atoms with Gasteiger partial charge >= 0.3 is 0 Å². The third-order valence-corrected chi connectivity index (χ3v) is 8.05. The lowest BCUT2D eigenvalue weighted by atomic mass is 9.86. The zero-order chi connectivity index (χ0) is 23.8. The van der Waals surface area contributed by atoms with E-state index in [9.17, 15) is 0 Å². The average Bonchev–Trinajstić information content (AvgIpc) is 2.91. The minimum absolute atomic E-state index is 1.03. The van der Waals surface area contributed by atoms with E-state index in [1.165, 1.54) is 64.1 Å². The van der Waals surface area contributed by atoms with Crippen molar-refractivity contribution in [3.63, 3.8) is 0 Å². The van der Waals surface area contributed by atoms with Crippen LogP contribution in [0.15, 0.2) is 97.1 Å². The molecule has 0 N–H and O–H groups in total. The maximum absolute atomic E-state index is 2.55. The van der Waals surface area contributed by atoms with Gasteiger partial charge < -0.3 is 0 Å². The van der Waals surface area contributed by atoms with E-state index in [1.54, 1.807) is 0 Å². The molecule has 0 aliphatic heterocycles. The number of hydrogen-bond acceptors (Lipinski definition) is 0. The van der Waals surface area contributed by atoms with Gasteiger partial charge in [0, 0.05) is 9.14 Å². The summed E-state index contributed by atoms with van der Waals surface area (Å²) < 4.78 is 1.28. The predicted molar refractivity (Wildman–Crippen MR) is 162 cm³/mol. The molecule has 1 aliphatic rings. The standard InChI is InChI=1S/C34H27I/c1-2-23-11-3-5-14-26(23)22-32(35)34-30-17-9-7-15-28(30)33(29-16-8-10-18-31(29)34)27-20-19-24-12-4-6-13-25(24)21-27/h3-5,7-12,14-22H,2,6,13H2,1H3/b32-22-. The minimum atomic E-state index is 1.03. The van der Waals surface area contributed by atoms with Crippen LogP contribution in [0.1, 0.15) is 41.2 Å². The molecule has 0 heterocycles. The second-order valence-electron chi connectivity index (χ2n) is 9.24. The van der Waals surface area contributed by atoms with Gasteiger partial charge in [0.05, 0.1) is 0 Å². The Morgan fingerprint density at radius 3 is 2.17 bits per heavy atom. The molecule has 5 aromatic rings. The van der Waals surface area contributed by atoms with E-state index in [2.05, 4.69) is 139 Å². The van der Waals surface area contributed by atoms with Crippen LogP contribution in [0.5, 0.6) is 0 Å². The number of fused-ring (bicyclic) bond motifs is 3. The van der Waals surface area contributed by atoms with Crippen LogP contribution in [0.4, 0.5) is 0 Å². The van der Waals surface area contributed by atoms with Crippen molar-refractivity contribution in [2.45, 2.75) is 26.2 Å². The van der Waals surface area contributed by atoms with Gasteiger partial charge in [-0.1, -0.05) is 110 Å². The van der Waals surface area contributed by atoms with Crippen LogP contribution in [0.3, 0.4) is 0 Å². The first-order valence-corrected chi connectivity index (χ1v) is 13.5. The Balaban J connectivity index is 1.65. The molecule has 1 heteroatoms. The summed E-state index contributed by atoms with van der Waals surface area (Å²) in [6.45, 7) is 2.23. The largest absolute Gasteiger partial charge is 0.0836 e. The number of aryl methyl sites for hydroxylation is 2. The van der Waals surface area contributed by atoms with Gasteiger partial charge in [0.25, 0.3) is 0 Å². The van der Waals surface area contributed by atoms with Crippen LogP contribution in [0.25, 0.3) is 48.4 Å². The Labute approximate surface area is 221 Å². The first-order chi connectivity index (χ1) is 17.2. The normalized spacial score (nSPS) is 13.4. The Morgan fingerprint density at radius 1 is 0.800 bits per heavy atom. The Bertz CT molecular complexity index is 1580. The van der Waals surface area contributed by atoms with Crippen LogP contribution < -0.4 is 0 Å². The van der Waals surface area contributed by atoms with Gasteiger partial charge in [-0.05, 0) is 103 Å². The van der Waals surface area contributed by atoms with Crippen LogP contribution in [-0.4, -0.2) is 0 Å². The third-order valence-electron chi connectivity index (χ3n) is 7.20. The van der Waals surface area contributed by atoms with Gasteiger partial charge in [-0.3, -0.25) is 0 Å². The quantitative estimate of drug-likeness (QED) is 0.116. The minimum Gasteiger partial charge on any atom is -0.0836 e. The molecule has 0 radical (unpaired) electrons. The van der Waals surface area contributed by atoms with Gasteiger partial charge in [-0.25, -0.2) is 0 Å². The van der Waals surface area contributed by atoms with E-state index in [-0.39, 0.29) is 0 Å². The molecule has 170 valence electrons. The fourth-order valence-corrected chi connectivity index (χ4v) is 6.41. The van der Waals surface area contributed by atoms with Gasteiger partial charge in [0.1, 0.15) is 0 Å². The van der Waals surface area contributed by atoms with E-state index in [0.29, 0.717) is 0 Å². The maximum atomic E-state index is 2.55. The van der Waals surface area contributed by atoms with E-state index in [4.69, 9.17) is 0 Å². The monoisotopic (exact) mass is 562 g/mol. The zero-order valence-electron chi connectivity index (χ0n) is 19.9. The summed E-state index contributed by atoms with van der Waals surface area (Å²) in [6.07, 6.45) is 10.2. The Hall–Kier alpha value is -3.17. The Kier molecular flexibility index (Phi) is 6.03. The van der Waals surface area contributed by atoms with Gasteiger partial charge in [0.15, 0.2) is 0 Å². The number of halogens is 1. The van der Waals surface area contributed by atoms with Crippen molar-refractivity contribution in [1.29, 1.82) is 0 Å². The SMILES string of the molecule is CCc1ccccc1/C=C(\I)c1c2ccccc2c(-c2ccc3c(c2)CCC=C3)c2ccccc12. The second kappa shape index (κ2) is 9.47. The molecule has 0 fully saturated rings. The lowest BCUT2D eigenvalue weighted by Crippen LogP contribution is -1.96. The van der Waals surface area contributed by atoms with Crippen molar-refractivity contribution in [3.8, 4) is 11.1 Å². The average molecular weight is 562 g/mol.